The van der Waals surface area contributed by atoms with Crippen molar-refractivity contribution in [3.63, 3.8) is 0 Å². The maximum absolute atomic E-state index is 11.2. The first-order chi connectivity index (χ1) is 8.63. The first-order valence-corrected chi connectivity index (χ1v) is 7.54. The lowest BCUT2D eigenvalue weighted by molar-refractivity contribution is 0.476. The highest BCUT2D eigenvalue weighted by atomic mass is 32.2. The Bertz CT molecular complexity index is 603. The molecule has 0 unspecified atom stereocenters. The first-order valence-electron chi connectivity index (χ1n) is 5.65. The summed E-state index contributed by atoms with van der Waals surface area (Å²) in [6.07, 6.45) is 1.11. The van der Waals surface area contributed by atoms with E-state index in [1.165, 1.54) is 0 Å². The monoisotopic (exact) mass is 282 g/mol. The summed E-state index contributed by atoms with van der Waals surface area (Å²) in [5.41, 5.74) is 6.74. The number of nitrogen functional groups attached to an aromatic ring is 1. The molecular weight excluding hydrogens is 264 g/mol. The van der Waals surface area contributed by atoms with Gasteiger partial charge in [0.05, 0.1) is 29.3 Å². The molecule has 1 aromatic carbocycles. The van der Waals surface area contributed by atoms with E-state index in [-0.39, 0.29) is 0 Å². The van der Waals surface area contributed by atoms with Gasteiger partial charge in [-0.05, 0) is 32.0 Å². The highest BCUT2D eigenvalue weighted by Gasteiger charge is 2.22. The van der Waals surface area contributed by atoms with Gasteiger partial charge in [-0.1, -0.05) is 0 Å². The number of sulfonamides is 1. The molecule has 0 bridgehead atoms. The molecule has 0 amide bonds. The topological polar surface area (TPSA) is 108 Å². The minimum absolute atomic E-state index is 0.346. The number of nitrogens with two attached hydrogens (primary N) is 1. The van der Waals surface area contributed by atoms with Gasteiger partial charge in [-0.25, -0.2) is 13.1 Å². The van der Waals surface area contributed by atoms with Crippen LogP contribution in [0.3, 0.4) is 0 Å². The minimum atomic E-state index is -3.28. The van der Waals surface area contributed by atoms with E-state index in [2.05, 4.69) is 10.0 Å². The molecule has 0 radical (unpaired) electrons. The minimum Gasteiger partial charge on any atom is -0.397 e. The molecule has 0 spiro atoms. The highest BCUT2D eigenvalue weighted by molar-refractivity contribution is 7.88. The summed E-state index contributed by atoms with van der Waals surface area (Å²) < 4.78 is 25.0. The summed E-state index contributed by atoms with van der Waals surface area (Å²) in [5.74, 6) is 0. The Kier molecular flexibility index (Phi) is 4.39. The van der Waals surface area contributed by atoms with E-state index in [4.69, 9.17) is 11.0 Å². The van der Waals surface area contributed by atoms with Gasteiger partial charge in [-0.2, -0.15) is 5.26 Å². The Hall–Kier alpha value is -1.78. The predicted octanol–water partition coefficient (Wildman–Crippen LogP) is 0.880. The lowest BCUT2D eigenvalue weighted by atomic mass is 10.1. The number of nitriles is 1. The van der Waals surface area contributed by atoms with Crippen LogP contribution in [0.25, 0.3) is 0 Å². The third-order valence-electron chi connectivity index (χ3n) is 2.36. The Morgan fingerprint density at radius 1 is 1.42 bits per heavy atom. The van der Waals surface area contributed by atoms with Crippen molar-refractivity contribution in [1.29, 1.82) is 5.26 Å². The van der Waals surface area contributed by atoms with Crippen LogP contribution in [0.4, 0.5) is 11.4 Å². The fourth-order valence-corrected chi connectivity index (χ4v) is 2.71. The Labute approximate surface area is 113 Å². The number of anilines is 2. The van der Waals surface area contributed by atoms with Crippen LogP contribution in [-0.2, 0) is 10.0 Å². The summed E-state index contributed by atoms with van der Waals surface area (Å²) in [6, 6.07) is 6.92. The van der Waals surface area contributed by atoms with E-state index < -0.39 is 15.6 Å². The van der Waals surface area contributed by atoms with Crippen LogP contribution in [-0.4, -0.2) is 26.8 Å². The molecule has 0 aromatic heterocycles. The van der Waals surface area contributed by atoms with Gasteiger partial charge in [0.1, 0.15) is 0 Å². The van der Waals surface area contributed by atoms with Crippen molar-refractivity contribution < 1.29 is 8.42 Å². The first kappa shape index (κ1) is 15.3. The molecule has 19 heavy (non-hydrogen) atoms. The van der Waals surface area contributed by atoms with Gasteiger partial charge in [0, 0.05) is 12.1 Å². The highest BCUT2D eigenvalue weighted by Crippen LogP contribution is 2.20. The second kappa shape index (κ2) is 5.47. The lowest BCUT2D eigenvalue weighted by Crippen LogP contribution is -2.47. The number of benzene rings is 1. The molecule has 104 valence electrons. The largest absolute Gasteiger partial charge is 0.397 e. The molecule has 0 aliphatic rings. The van der Waals surface area contributed by atoms with E-state index >= 15 is 0 Å². The van der Waals surface area contributed by atoms with Crippen molar-refractivity contribution in [3.05, 3.63) is 23.8 Å². The number of nitrogens with zero attached hydrogens (tertiary/aromatic N) is 1. The van der Waals surface area contributed by atoms with E-state index in [9.17, 15) is 8.42 Å². The normalized spacial score (nSPS) is 11.9. The van der Waals surface area contributed by atoms with E-state index in [0.717, 1.165) is 6.26 Å². The fraction of sp³-hybridized carbons (Fsp3) is 0.417. The second-order valence-electron chi connectivity index (χ2n) is 5.03. The molecule has 4 N–H and O–H groups in total. The molecule has 0 fully saturated rings. The van der Waals surface area contributed by atoms with Crippen LogP contribution in [0.2, 0.25) is 0 Å². The van der Waals surface area contributed by atoms with Crippen molar-refractivity contribution in [3.8, 4) is 6.07 Å². The number of hydrogen-bond acceptors (Lipinski definition) is 5. The second-order valence-corrected chi connectivity index (χ2v) is 6.77. The molecule has 0 atom stereocenters. The Morgan fingerprint density at radius 3 is 2.58 bits per heavy atom. The summed E-state index contributed by atoms with van der Waals surface area (Å²) >= 11 is 0. The Morgan fingerprint density at radius 2 is 2.05 bits per heavy atom. The van der Waals surface area contributed by atoms with Crippen molar-refractivity contribution in [2.45, 2.75) is 19.4 Å². The molecule has 1 rings (SSSR count). The third-order valence-corrected chi connectivity index (χ3v) is 3.29. The quantitative estimate of drug-likeness (QED) is 0.695. The van der Waals surface area contributed by atoms with E-state index in [1.54, 1.807) is 32.0 Å². The molecule has 6 nitrogen and oxygen atoms in total. The standard InChI is InChI=1S/C12H18N4O2S/c1-12(2,16-19(3,17)18)8-15-11-6-9(7-13)4-5-10(11)14/h4-6,15-16H,8,14H2,1-3H3. The van der Waals surface area contributed by atoms with Gasteiger partial charge in [-0.3, -0.25) is 0 Å². The number of hydrogen-bond donors (Lipinski definition) is 3. The maximum atomic E-state index is 11.2. The van der Waals surface area contributed by atoms with E-state index in [1.807, 2.05) is 6.07 Å². The smallest absolute Gasteiger partial charge is 0.209 e. The molecule has 0 saturated heterocycles. The van der Waals surface area contributed by atoms with Crippen LogP contribution in [0.5, 0.6) is 0 Å². The molecule has 0 saturated carbocycles. The average molecular weight is 282 g/mol. The molecule has 0 aliphatic carbocycles. The summed E-state index contributed by atoms with van der Waals surface area (Å²) in [5, 5.41) is 11.9. The van der Waals surface area contributed by atoms with Crippen molar-refractivity contribution in [2.75, 3.05) is 23.9 Å². The van der Waals surface area contributed by atoms with Crippen LogP contribution < -0.4 is 15.8 Å². The van der Waals surface area contributed by atoms with Gasteiger partial charge >= 0.3 is 0 Å². The molecule has 0 aliphatic heterocycles. The molecule has 1 aromatic rings. The van der Waals surface area contributed by atoms with E-state index in [0.29, 0.717) is 23.5 Å². The van der Waals surface area contributed by atoms with Gasteiger partial charge in [0.25, 0.3) is 0 Å². The predicted molar refractivity (Wildman–Crippen MR) is 76.1 cm³/mol. The van der Waals surface area contributed by atoms with Crippen LogP contribution in [0.1, 0.15) is 19.4 Å². The average Bonchev–Trinajstić information content (AvgIpc) is 2.25. The Balaban J connectivity index is 2.79. The van der Waals surface area contributed by atoms with Crippen LogP contribution in [0.15, 0.2) is 18.2 Å². The van der Waals surface area contributed by atoms with Crippen molar-refractivity contribution in [1.82, 2.24) is 4.72 Å². The summed E-state index contributed by atoms with van der Waals surface area (Å²) in [4.78, 5) is 0. The number of rotatable bonds is 5. The number of nitrogens with one attached hydrogen (secondary N) is 2. The van der Waals surface area contributed by atoms with Gasteiger partial charge in [-0.15, -0.1) is 0 Å². The van der Waals surface area contributed by atoms with Crippen molar-refractivity contribution in [2.24, 2.45) is 0 Å². The van der Waals surface area contributed by atoms with Gasteiger partial charge in [0.2, 0.25) is 10.0 Å². The summed E-state index contributed by atoms with van der Waals surface area (Å²) in [6.45, 7) is 3.86. The van der Waals surface area contributed by atoms with Gasteiger partial charge < -0.3 is 11.1 Å². The van der Waals surface area contributed by atoms with Crippen LogP contribution in [0, 0.1) is 11.3 Å². The SMILES string of the molecule is CC(C)(CNc1cc(C#N)ccc1N)NS(C)(=O)=O. The molecule has 7 heteroatoms. The van der Waals surface area contributed by atoms with Gasteiger partial charge in [0.15, 0.2) is 0 Å². The third kappa shape index (κ3) is 5.16. The zero-order chi connectivity index (χ0) is 14.7. The fourth-order valence-electron chi connectivity index (χ4n) is 1.63. The van der Waals surface area contributed by atoms with Crippen molar-refractivity contribution >= 4 is 21.4 Å². The van der Waals surface area contributed by atoms with Crippen LogP contribution >= 0.6 is 0 Å². The molecule has 0 heterocycles. The zero-order valence-corrected chi connectivity index (χ0v) is 12.0. The maximum Gasteiger partial charge on any atom is 0.209 e. The lowest BCUT2D eigenvalue weighted by Gasteiger charge is -2.26. The zero-order valence-electron chi connectivity index (χ0n) is 11.2. The molecular formula is C12H18N4O2S. The summed E-state index contributed by atoms with van der Waals surface area (Å²) in [7, 11) is -3.28.